The number of carbonyl (C=O) groups is 1. The molecule has 1 aromatic heterocycles. The van der Waals surface area contributed by atoms with Crippen molar-refractivity contribution < 1.29 is 4.79 Å². The normalized spacial score (nSPS) is 11.0. The molecule has 0 bridgehead atoms. The van der Waals surface area contributed by atoms with Crippen molar-refractivity contribution in [2.24, 2.45) is 17.7 Å². The maximum atomic E-state index is 12.5. The fraction of sp³-hybridized carbons (Fsp3) is 0.667. The van der Waals surface area contributed by atoms with Crippen LogP contribution in [0.3, 0.4) is 0 Å². The Morgan fingerprint density at radius 2 is 1.71 bits per heavy atom. The number of nitrogens with two attached hydrogens (primary N) is 1. The zero-order valence-corrected chi connectivity index (χ0v) is 13.5. The predicted octanol–water partition coefficient (Wildman–Crippen LogP) is 2.30. The van der Waals surface area contributed by atoms with Gasteiger partial charge in [0.25, 0.3) is 5.91 Å². The fourth-order valence-corrected chi connectivity index (χ4v) is 1.83. The van der Waals surface area contributed by atoms with Crippen LogP contribution in [-0.4, -0.2) is 34.1 Å². The van der Waals surface area contributed by atoms with E-state index in [-0.39, 0.29) is 5.91 Å². The summed E-state index contributed by atoms with van der Waals surface area (Å²) in [6.45, 7) is 10.1. The first-order chi connectivity index (χ1) is 9.93. The number of anilines is 1. The summed E-state index contributed by atoms with van der Waals surface area (Å²) < 4.78 is 0. The third-order valence-electron chi connectivity index (χ3n) is 3.27. The van der Waals surface area contributed by atoms with Crippen molar-refractivity contribution in [3.8, 4) is 0 Å². The summed E-state index contributed by atoms with van der Waals surface area (Å²) in [5, 5.41) is 7.80. The highest BCUT2D eigenvalue weighted by molar-refractivity contribution is 5.92. The van der Waals surface area contributed by atoms with Crippen LogP contribution >= 0.6 is 0 Å². The van der Waals surface area contributed by atoms with Crippen molar-refractivity contribution in [2.45, 2.75) is 40.5 Å². The van der Waals surface area contributed by atoms with Crippen LogP contribution in [0.25, 0.3) is 0 Å². The Morgan fingerprint density at radius 3 is 2.10 bits per heavy atom. The minimum absolute atomic E-state index is 0.0626. The Morgan fingerprint density at radius 1 is 1.14 bits per heavy atom. The molecule has 6 nitrogen and oxygen atoms in total. The molecule has 0 saturated heterocycles. The molecule has 0 aliphatic heterocycles. The number of hydrogen-bond donors (Lipinski definition) is 2. The topological polar surface area (TPSA) is 84.1 Å². The van der Waals surface area contributed by atoms with E-state index in [0.29, 0.717) is 23.3 Å². The molecule has 0 saturated carbocycles. The number of carbonyl (C=O) groups excluding carboxylic acids is 1. The van der Waals surface area contributed by atoms with Crippen LogP contribution in [0, 0.1) is 11.8 Å². The quantitative estimate of drug-likeness (QED) is 0.567. The van der Waals surface area contributed by atoms with Crippen LogP contribution in [0.15, 0.2) is 12.1 Å². The highest BCUT2D eigenvalue weighted by Gasteiger charge is 2.18. The Labute approximate surface area is 127 Å². The molecule has 0 spiro atoms. The Kier molecular flexibility index (Phi) is 7.08. The molecule has 0 atom stereocenters. The van der Waals surface area contributed by atoms with Gasteiger partial charge in [-0.2, -0.15) is 0 Å². The van der Waals surface area contributed by atoms with E-state index in [1.54, 1.807) is 12.1 Å². The molecular formula is C15H27N5O. The van der Waals surface area contributed by atoms with E-state index in [9.17, 15) is 4.79 Å². The van der Waals surface area contributed by atoms with Crippen molar-refractivity contribution in [1.82, 2.24) is 15.1 Å². The molecule has 0 unspecified atom stereocenters. The zero-order chi connectivity index (χ0) is 15.8. The number of nitrogens with zero attached hydrogens (tertiary/aromatic N) is 3. The molecule has 21 heavy (non-hydrogen) atoms. The maximum absolute atomic E-state index is 12.5. The summed E-state index contributed by atoms with van der Waals surface area (Å²) in [5.41, 5.74) is 2.77. The van der Waals surface area contributed by atoms with Crippen LogP contribution in [0.2, 0.25) is 0 Å². The van der Waals surface area contributed by atoms with Gasteiger partial charge in [-0.3, -0.25) is 4.79 Å². The van der Waals surface area contributed by atoms with E-state index >= 15 is 0 Å². The standard InChI is InChI=1S/C15H27N5O/c1-11(2)7-9-20(10-8-12(3)4)15(21)13-5-6-14(17-16)19-18-13/h5-6,11-12H,7-10,16H2,1-4H3,(H,17,19). The van der Waals surface area contributed by atoms with Crippen molar-refractivity contribution >= 4 is 11.7 Å². The number of nitrogen functional groups attached to an aromatic ring is 1. The van der Waals surface area contributed by atoms with Crippen LogP contribution in [0.5, 0.6) is 0 Å². The van der Waals surface area contributed by atoms with Gasteiger partial charge in [0.2, 0.25) is 0 Å². The Hall–Kier alpha value is -1.69. The fourth-order valence-electron chi connectivity index (χ4n) is 1.83. The first kappa shape index (κ1) is 17.4. The van der Waals surface area contributed by atoms with Gasteiger partial charge in [-0.25, -0.2) is 5.84 Å². The largest absolute Gasteiger partial charge is 0.337 e. The lowest BCUT2D eigenvalue weighted by Gasteiger charge is -2.24. The molecule has 0 aliphatic carbocycles. The van der Waals surface area contributed by atoms with E-state index in [1.807, 2.05) is 4.90 Å². The molecule has 0 radical (unpaired) electrons. The summed E-state index contributed by atoms with van der Waals surface area (Å²) in [6.07, 6.45) is 1.97. The Bertz CT molecular complexity index is 418. The van der Waals surface area contributed by atoms with Crippen molar-refractivity contribution in [3.05, 3.63) is 17.8 Å². The molecule has 1 heterocycles. The average molecular weight is 293 g/mol. The lowest BCUT2D eigenvalue weighted by Crippen LogP contribution is -2.34. The lowest BCUT2D eigenvalue weighted by atomic mass is 10.1. The van der Waals surface area contributed by atoms with Crippen molar-refractivity contribution in [3.63, 3.8) is 0 Å². The highest BCUT2D eigenvalue weighted by atomic mass is 16.2. The number of hydrogen-bond acceptors (Lipinski definition) is 5. The number of rotatable bonds is 8. The van der Waals surface area contributed by atoms with Gasteiger partial charge in [0.05, 0.1) is 0 Å². The summed E-state index contributed by atoms with van der Waals surface area (Å²) >= 11 is 0. The third kappa shape index (κ3) is 6.08. The molecule has 0 aromatic carbocycles. The molecule has 118 valence electrons. The van der Waals surface area contributed by atoms with Gasteiger partial charge in [0.1, 0.15) is 0 Å². The number of nitrogens with one attached hydrogen (secondary N) is 1. The second kappa shape index (κ2) is 8.56. The van der Waals surface area contributed by atoms with Crippen LogP contribution < -0.4 is 11.3 Å². The number of aromatic nitrogens is 2. The number of hydrazine groups is 1. The third-order valence-corrected chi connectivity index (χ3v) is 3.27. The van der Waals surface area contributed by atoms with Gasteiger partial charge in [0, 0.05) is 13.1 Å². The van der Waals surface area contributed by atoms with Gasteiger partial charge in [-0.15, -0.1) is 10.2 Å². The summed E-state index contributed by atoms with van der Waals surface area (Å²) in [5.74, 6) is 6.76. The van der Waals surface area contributed by atoms with Crippen LogP contribution in [0.1, 0.15) is 51.0 Å². The van der Waals surface area contributed by atoms with Crippen LogP contribution in [-0.2, 0) is 0 Å². The molecule has 1 amide bonds. The van der Waals surface area contributed by atoms with E-state index in [2.05, 4.69) is 43.3 Å². The van der Waals surface area contributed by atoms with Crippen molar-refractivity contribution in [2.75, 3.05) is 18.5 Å². The number of amides is 1. The highest BCUT2D eigenvalue weighted by Crippen LogP contribution is 2.10. The van der Waals surface area contributed by atoms with Gasteiger partial charge in [0.15, 0.2) is 11.5 Å². The monoisotopic (exact) mass is 293 g/mol. The maximum Gasteiger partial charge on any atom is 0.274 e. The van der Waals surface area contributed by atoms with Crippen molar-refractivity contribution in [1.29, 1.82) is 0 Å². The molecule has 0 fully saturated rings. The average Bonchev–Trinajstić information content (AvgIpc) is 2.46. The Balaban J connectivity index is 2.75. The molecule has 1 aromatic rings. The van der Waals surface area contributed by atoms with Gasteiger partial charge in [-0.05, 0) is 36.8 Å². The minimum Gasteiger partial charge on any atom is -0.337 e. The first-order valence-corrected chi connectivity index (χ1v) is 7.53. The van der Waals surface area contributed by atoms with E-state index < -0.39 is 0 Å². The summed E-state index contributed by atoms with van der Waals surface area (Å²) in [6, 6.07) is 3.31. The smallest absolute Gasteiger partial charge is 0.274 e. The molecular weight excluding hydrogens is 266 g/mol. The van der Waals surface area contributed by atoms with Gasteiger partial charge in [-0.1, -0.05) is 27.7 Å². The molecule has 0 aliphatic rings. The van der Waals surface area contributed by atoms with Gasteiger partial charge >= 0.3 is 0 Å². The van der Waals surface area contributed by atoms with E-state index in [1.165, 1.54) is 0 Å². The summed E-state index contributed by atoms with van der Waals surface area (Å²) in [4.78, 5) is 14.4. The molecule has 3 N–H and O–H groups in total. The second-order valence-electron chi connectivity index (χ2n) is 6.11. The molecule has 1 rings (SSSR count). The minimum atomic E-state index is -0.0626. The lowest BCUT2D eigenvalue weighted by molar-refractivity contribution is 0.0733. The molecule has 6 heteroatoms. The summed E-state index contributed by atoms with van der Waals surface area (Å²) in [7, 11) is 0. The van der Waals surface area contributed by atoms with E-state index in [0.717, 1.165) is 25.9 Å². The van der Waals surface area contributed by atoms with Crippen LogP contribution in [0.4, 0.5) is 5.82 Å². The SMILES string of the molecule is CC(C)CCN(CCC(C)C)C(=O)c1ccc(NN)nn1. The predicted molar refractivity (Wildman–Crippen MR) is 84.7 cm³/mol. The second-order valence-corrected chi connectivity index (χ2v) is 6.11. The van der Waals surface area contributed by atoms with Gasteiger partial charge < -0.3 is 10.3 Å². The zero-order valence-electron chi connectivity index (χ0n) is 13.5. The van der Waals surface area contributed by atoms with E-state index in [4.69, 9.17) is 5.84 Å². The first-order valence-electron chi connectivity index (χ1n) is 7.53.